The summed E-state index contributed by atoms with van der Waals surface area (Å²) in [4.78, 5) is 0. The first-order valence-corrected chi connectivity index (χ1v) is 22.8. The minimum Gasteiger partial charge on any atom is -0.211 e. The van der Waals surface area contributed by atoms with Crippen LogP contribution in [0.25, 0.3) is 0 Å². The lowest BCUT2D eigenvalue weighted by Crippen LogP contribution is -1.83. The molecule has 0 saturated carbocycles. The van der Waals surface area contributed by atoms with Gasteiger partial charge in [-0.3, -0.25) is 0 Å². The first-order chi connectivity index (χ1) is 28.3. The van der Waals surface area contributed by atoms with Crippen molar-refractivity contribution in [2.75, 3.05) is 0 Å². The third-order valence-corrected chi connectivity index (χ3v) is 7.33. The Labute approximate surface area is 368 Å². The molecule has 0 saturated heterocycles. The first kappa shape index (κ1) is 66.8. The van der Waals surface area contributed by atoms with Crippen molar-refractivity contribution in [3.05, 3.63) is 179 Å². The van der Waals surface area contributed by atoms with Crippen LogP contribution in [-0.2, 0) is 0 Å². The van der Waals surface area contributed by atoms with Crippen molar-refractivity contribution >= 4 is 0 Å². The summed E-state index contributed by atoms with van der Waals surface area (Å²) in [7, 11) is 0. The van der Waals surface area contributed by atoms with Crippen LogP contribution in [-0.4, -0.2) is 6.43 Å². The lowest BCUT2D eigenvalue weighted by molar-refractivity contribution is 0.171. The number of halogens is 2. The van der Waals surface area contributed by atoms with Gasteiger partial charge in [-0.15, -0.1) is 0 Å². The third kappa shape index (κ3) is 46.5. The summed E-state index contributed by atoms with van der Waals surface area (Å²) in [6.07, 6.45) is -2.17. The van der Waals surface area contributed by atoms with Gasteiger partial charge >= 0.3 is 0 Å². The SMILES string of the molecule is CC.CC.CC.CC.CC.CC(C)c1ccccc1.CC(C)c1ccccc1.CC(C)c1ccccc1.CC(C)c1ccccc1.CC(C)c1ccccc1.CC(F)F. The van der Waals surface area contributed by atoms with E-state index < -0.39 is 6.43 Å². The molecule has 2 heteroatoms. The summed E-state index contributed by atoms with van der Waals surface area (Å²) in [5, 5.41) is 0. The minimum atomic E-state index is -2.17. The van der Waals surface area contributed by atoms with E-state index >= 15 is 0 Å². The maximum Gasteiger partial charge on any atom is 0.235 e. The molecule has 0 bridgehead atoms. The zero-order chi connectivity index (χ0) is 47.0. The second-order valence-corrected chi connectivity index (χ2v) is 13.3. The highest BCUT2D eigenvalue weighted by Crippen LogP contribution is 2.14. The topological polar surface area (TPSA) is 0 Å². The first-order valence-electron chi connectivity index (χ1n) is 22.8. The Morgan fingerprint density at radius 2 is 0.305 bits per heavy atom. The summed E-state index contributed by atoms with van der Waals surface area (Å²) >= 11 is 0. The molecule has 0 aromatic heterocycles. The van der Waals surface area contributed by atoms with Gasteiger partial charge in [-0.2, -0.15) is 0 Å². The highest BCUT2D eigenvalue weighted by Gasteiger charge is 1.96. The molecule has 0 nitrogen and oxygen atoms in total. The molecule has 0 aliphatic heterocycles. The van der Waals surface area contributed by atoms with Crippen molar-refractivity contribution in [3.8, 4) is 0 Å². The summed E-state index contributed by atoms with van der Waals surface area (Å²) in [6.45, 7) is 42.9. The molecule has 0 radical (unpaired) electrons. The Kier molecular flexibility index (Phi) is 58.8. The number of hydrogen-bond acceptors (Lipinski definition) is 0. The predicted molar refractivity (Wildman–Crippen MR) is 271 cm³/mol. The summed E-state index contributed by atoms with van der Waals surface area (Å²) in [5.74, 6) is 3.29. The molecule has 0 heterocycles. The molecule has 59 heavy (non-hydrogen) atoms. The van der Waals surface area contributed by atoms with Crippen molar-refractivity contribution in [2.24, 2.45) is 0 Å². The van der Waals surface area contributed by atoms with Crippen molar-refractivity contribution in [1.29, 1.82) is 0 Å². The van der Waals surface area contributed by atoms with E-state index in [0.29, 0.717) is 29.6 Å². The van der Waals surface area contributed by atoms with E-state index in [-0.39, 0.29) is 0 Å². The lowest BCUT2D eigenvalue weighted by atomic mass is 10.0. The maximum absolute atomic E-state index is 10.3. The summed E-state index contributed by atoms with van der Waals surface area (Å²) in [6, 6.07) is 52.6. The minimum absolute atomic E-state index is 0.659. The van der Waals surface area contributed by atoms with E-state index in [4.69, 9.17) is 0 Å². The van der Waals surface area contributed by atoms with E-state index in [2.05, 4.69) is 191 Å². The van der Waals surface area contributed by atoms with Gasteiger partial charge in [0.25, 0.3) is 0 Å². The highest BCUT2D eigenvalue weighted by molar-refractivity contribution is 5.20. The normalized spacial score (nSPS) is 8.83. The van der Waals surface area contributed by atoms with Gasteiger partial charge in [-0.1, -0.05) is 290 Å². The molecular weight excluding hydrogens is 723 g/mol. The van der Waals surface area contributed by atoms with Crippen LogP contribution >= 0.6 is 0 Å². The molecule has 0 aliphatic carbocycles. The second kappa shape index (κ2) is 52.0. The summed E-state index contributed by atoms with van der Waals surface area (Å²) < 4.78 is 20.7. The quantitative estimate of drug-likeness (QED) is 0.166. The van der Waals surface area contributed by atoms with E-state index in [1.807, 2.05) is 99.6 Å². The van der Waals surface area contributed by atoms with Gasteiger partial charge in [-0.25, -0.2) is 8.78 Å². The monoisotopic (exact) mass is 817 g/mol. The fourth-order valence-corrected chi connectivity index (χ4v) is 4.19. The van der Waals surface area contributed by atoms with Crippen LogP contribution in [0.15, 0.2) is 152 Å². The van der Waals surface area contributed by atoms with Gasteiger partial charge in [0.05, 0.1) is 0 Å². The van der Waals surface area contributed by atoms with Crippen LogP contribution in [0.3, 0.4) is 0 Å². The van der Waals surface area contributed by atoms with E-state index in [9.17, 15) is 8.78 Å². The Bertz CT molecular complexity index is 1120. The molecule has 0 amide bonds. The predicted octanol–water partition coefficient (Wildman–Crippen LogP) is 20.5. The number of alkyl halides is 2. The van der Waals surface area contributed by atoms with Gasteiger partial charge in [0.2, 0.25) is 6.43 Å². The number of benzene rings is 5. The maximum atomic E-state index is 10.3. The highest BCUT2D eigenvalue weighted by atomic mass is 19.3. The average Bonchev–Trinajstić information content (AvgIpc) is 3.29. The molecule has 0 atom stereocenters. The van der Waals surface area contributed by atoms with Crippen LogP contribution in [0.4, 0.5) is 8.78 Å². The smallest absolute Gasteiger partial charge is 0.211 e. The van der Waals surface area contributed by atoms with Crippen LogP contribution in [0.1, 0.15) is 203 Å². The number of hydrogen-bond donors (Lipinski definition) is 0. The summed E-state index contributed by atoms with van der Waals surface area (Å²) in [5.41, 5.74) is 7.07. The zero-order valence-electron chi connectivity index (χ0n) is 42.2. The van der Waals surface area contributed by atoms with E-state index in [1.54, 1.807) is 0 Å². The largest absolute Gasteiger partial charge is 0.235 e. The van der Waals surface area contributed by atoms with Crippen molar-refractivity contribution in [2.45, 2.75) is 181 Å². The van der Waals surface area contributed by atoms with Gasteiger partial charge < -0.3 is 0 Å². The van der Waals surface area contributed by atoms with E-state index in [0.717, 1.165) is 6.92 Å². The Hall–Kier alpha value is -4.04. The van der Waals surface area contributed by atoms with Crippen LogP contribution < -0.4 is 0 Å². The van der Waals surface area contributed by atoms with Gasteiger partial charge in [0, 0.05) is 0 Å². The molecule has 5 rings (SSSR count). The van der Waals surface area contributed by atoms with Gasteiger partial charge in [-0.05, 0) is 64.3 Å². The zero-order valence-corrected chi connectivity index (χ0v) is 42.2. The Morgan fingerprint density at radius 3 is 0.356 bits per heavy atom. The second-order valence-electron chi connectivity index (χ2n) is 13.3. The van der Waals surface area contributed by atoms with Gasteiger partial charge in [0.15, 0.2) is 0 Å². The molecular formula is C57H94F2. The van der Waals surface area contributed by atoms with E-state index in [1.165, 1.54) is 27.8 Å². The van der Waals surface area contributed by atoms with Crippen molar-refractivity contribution < 1.29 is 8.78 Å². The molecule has 0 unspecified atom stereocenters. The van der Waals surface area contributed by atoms with Crippen LogP contribution in [0.5, 0.6) is 0 Å². The third-order valence-electron chi connectivity index (χ3n) is 7.33. The Morgan fingerprint density at radius 1 is 0.220 bits per heavy atom. The van der Waals surface area contributed by atoms with Crippen molar-refractivity contribution in [1.82, 2.24) is 0 Å². The molecule has 5 aromatic carbocycles. The van der Waals surface area contributed by atoms with Crippen LogP contribution in [0.2, 0.25) is 0 Å². The standard InChI is InChI=1S/5C9H12.C2H4F2.5C2H6/c5*1-8(2)9-6-4-3-5-7-9;1-2(3)4;5*1-2/h5*3-8H,1-2H3;2H,1H3;5*1-2H3. The lowest BCUT2D eigenvalue weighted by Gasteiger charge is -2.01. The average molecular weight is 817 g/mol. The molecule has 0 spiro atoms. The van der Waals surface area contributed by atoms with Crippen molar-refractivity contribution in [3.63, 3.8) is 0 Å². The molecule has 5 aromatic rings. The van der Waals surface area contributed by atoms with Crippen LogP contribution in [0, 0.1) is 0 Å². The Balaban J connectivity index is -0.000000138. The molecule has 336 valence electrons. The molecule has 0 N–H and O–H groups in total. The van der Waals surface area contributed by atoms with Gasteiger partial charge in [0.1, 0.15) is 0 Å². The fraction of sp³-hybridized carbons (Fsp3) is 0.474. The number of rotatable bonds is 5. The molecule has 0 fully saturated rings. The molecule has 0 aliphatic rings. The fourth-order valence-electron chi connectivity index (χ4n) is 4.19.